The first-order chi connectivity index (χ1) is 16.7. The van der Waals surface area contributed by atoms with Gasteiger partial charge in [-0.2, -0.15) is 13.2 Å². The molecule has 1 heterocycles. The molecule has 0 amide bonds. The number of alkyl halides is 3. The number of Topliss-reactive ketones (excluding diaryl/α,β-unsaturated/α-hetero) is 2. The third-order valence-electron chi connectivity index (χ3n) is 5.77. The minimum atomic E-state index is -4.46. The molecule has 8 heteroatoms. The maximum atomic E-state index is 13.0. The van der Waals surface area contributed by atoms with Crippen molar-refractivity contribution in [1.29, 1.82) is 0 Å². The third-order valence-corrected chi connectivity index (χ3v) is 6.79. The van der Waals surface area contributed by atoms with Gasteiger partial charge in [-0.25, -0.2) is 4.98 Å². The molecule has 1 fully saturated rings. The van der Waals surface area contributed by atoms with E-state index in [-0.39, 0.29) is 23.9 Å². The second kappa shape index (κ2) is 9.26. The predicted molar refractivity (Wildman–Crippen MR) is 127 cm³/mol. The zero-order valence-corrected chi connectivity index (χ0v) is 19.3. The maximum absolute atomic E-state index is 13.0. The van der Waals surface area contributed by atoms with Crippen LogP contribution in [0.2, 0.25) is 0 Å². The van der Waals surface area contributed by atoms with Gasteiger partial charge in [0.05, 0.1) is 22.2 Å². The molecule has 178 valence electrons. The van der Waals surface area contributed by atoms with E-state index in [4.69, 9.17) is 4.74 Å². The van der Waals surface area contributed by atoms with Gasteiger partial charge in [0, 0.05) is 24.0 Å². The Hall–Kier alpha value is -3.52. The van der Waals surface area contributed by atoms with Crippen molar-refractivity contribution in [1.82, 2.24) is 4.98 Å². The molecule has 4 aromatic rings. The zero-order valence-electron chi connectivity index (χ0n) is 18.5. The molecule has 5 rings (SSSR count). The van der Waals surface area contributed by atoms with Gasteiger partial charge >= 0.3 is 6.18 Å². The number of halogens is 3. The van der Waals surface area contributed by atoms with Gasteiger partial charge in [-0.05, 0) is 48.7 Å². The van der Waals surface area contributed by atoms with Crippen molar-refractivity contribution in [3.05, 3.63) is 88.4 Å². The lowest BCUT2D eigenvalue weighted by Gasteiger charge is -2.09. The molecule has 1 aromatic heterocycles. The highest BCUT2D eigenvalue weighted by Crippen LogP contribution is 2.34. The molecule has 35 heavy (non-hydrogen) atoms. The number of fused-ring (bicyclic) bond motifs is 1. The highest BCUT2D eigenvalue weighted by molar-refractivity contribution is 7.18. The van der Waals surface area contributed by atoms with Crippen LogP contribution < -0.4 is 4.74 Å². The number of rotatable bonds is 8. The molecule has 0 saturated heterocycles. The smallest absolute Gasteiger partial charge is 0.416 e. The van der Waals surface area contributed by atoms with Gasteiger partial charge in [-0.1, -0.05) is 30.3 Å². The number of carbonyl (C=O) groups is 2. The van der Waals surface area contributed by atoms with E-state index in [0.717, 1.165) is 40.2 Å². The first-order valence-corrected chi connectivity index (χ1v) is 12.0. The lowest BCUT2D eigenvalue weighted by Crippen LogP contribution is -2.08. The van der Waals surface area contributed by atoms with Crippen molar-refractivity contribution in [2.75, 3.05) is 0 Å². The number of nitrogens with zero attached hydrogens (tertiary/aromatic N) is 1. The number of hydrogen-bond acceptors (Lipinski definition) is 5. The largest absolute Gasteiger partial charge is 0.457 e. The Bertz CT molecular complexity index is 1420. The van der Waals surface area contributed by atoms with Crippen LogP contribution in [0.1, 0.15) is 39.3 Å². The standard InChI is InChI=1S/C27H20F3NO3S/c28-27(29,30)19-5-1-3-16(11-19)12-23(32)18-4-2-6-20(13-18)34-21-9-10-22-25(14-21)35-26(31-22)15-24(33)17-7-8-17/h1-6,9-11,13-14,17H,7-8,12,15H2. The Balaban J connectivity index is 1.29. The average Bonchev–Trinajstić information content (AvgIpc) is 3.60. The molecular formula is C27H20F3NO3S. The molecular weight excluding hydrogens is 475 g/mol. The monoisotopic (exact) mass is 495 g/mol. The molecule has 4 nitrogen and oxygen atoms in total. The van der Waals surface area contributed by atoms with Gasteiger partial charge in [-0.15, -0.1) is 11.3 Å². The van der Waals surface area contributed by atoms with Crippen LogP contribution in [0.4, 0.5) is 13.2 Å². The minimum Gasteiger partial charge on any atom is -0.457 e. The summed E-state index contributed by atoms with van der Waals surface area (Å²) in [6.45, 7) is 0. The normalized spacial score (nSPS) is 13.7. The van der Waals surface area contributed by atoms with Crippen LogP contribution >= 0.6 is 11.3 Å². The fourth-order valence-electron chi connectivity index (χ4n) is 3.80. The van der Waals surface area contributed by atoms with Crippen LogP contribution in [-0.2, 0) is 23.8 Å². The van der Waals surface area contributed by atoms with Crippen LogP contribution in [0.5, 0.6) is 11.5 Å². The van der Waals surface area contributed by atoms with Gasteiger partial charge in [0.25, 0.3) is 0 Å². The van der Waals surface area contributed by atoms with Gasteiger partial charge in [0.1, 0.15) is 22.3 Å². The van der Waals surface area contributed by atoms with E-state index in [1.54, 1.807) is 30.3 Å². The number of ketones is 2. The average molecular weight is 496 g/mol. The number of ether oxygens (including phenoxy) is 1. The fraction of sp³-hybridized carbons (Fsp3) is 0.222. The Morgan fingerprint density at radius 3 is 2.49 bits per heavy atom. The first kappa shape index (κ1) is 23.2. The van der Waals surface area contributed by atoms with Crippen molar-refractivity contribution >= 4 is 33.1 Å². The Morgan fingerprint density at radius 1 is 0.943 bits per heavy atom. The Kier molecular flexibility index (Phi) is 6.15. The fourth-order valence-corrected chi connectivity index (χ4v) is 4.81. The van der Waals surface area contributed by atoms with Crippen LogP contribution in [0.3, 0.4) is 0 Å². The molecule has 0 spiro atoms. The molecule has 3 aromatic carbocycles. The van der Waals surface area contributed by atoms with Crippen molar-refractivity contribution in [2.24, 2.45) is 5.92 Å². The Morgan fingerprint density at radius 2 is 1.71 bits per heavy atom. The number of thiazole rings is 1. The van der Waals surface area contributed by atoms with E-state index in [9.17, 15) is 22.8 Å². The van der Waals surface area contributed by atoms with Crippen molar-refractivity contribution in [3.8, 4) is 11.5 Å². The molecule has 0 N–H and O–H groups in total. The van der Waals surface area contributed by atoms with Crippen LogP contribution in [-0.4, -0.2) is 16.6 Å². The highest BCUT2D eigenvalue weighted by Gasteiger charge is 2.31. The number of benzene rings is 3. The van der Waals surface area contributed by atoms with Crippen molar-refractivity contribution in [2.45, 2.75) is 31.9 Å². The summed E-state index contributed by atoms with van der Waals surface area (Å²) in [6, 6.07) is 16.8. The van der Waals surface area contributed by atoms with Crippen LogP contribution in [0, 0.1) is 5.92 Å². The molecule has 0 unspecified atom stereocenters. The van der Waals surface area contributed by atoms with Gasteiger partial charge in [-0.3, -0.25) is 9.59 Å². The summed E-state index contributed by atoms with van der Waals surface area (Å²) in [5.41, 5.74) is 0.659. The molecule has 0 radical (unpaired) electrons. The van der Waals surface area contributed by atoms with E-state index < -0.39 is 11.7 Å². The summed E-state index contributed by atoms with van der Waals surface area (Å²) < 4.78 is 45.7. The van der Waals surface area contributed by atoms with Gasteiger partial charge in [0.15, 0.2) is 5.78 Å². The summed E-state index contributed by atoms with van der Waals surface area (Å²) in [7, 11) is 0. The predicted octanol–water partition coefficient (Wildman–Crippen LogP) is 7.05. The SMILES string of the molecule is O=C(Cc1cccc(C(F)(F)F)c1)c1cccc(Oc2ccc3nc(CC(=O)C4CC4)sc3c2)c1. The number of aromatic nitrogens is 1. The number of carbonyl (C=O) groups excluding carboxylic acids is 2. The van der Waals surface area contributed by atoms with Gasteiger partial charge < -0.3 is 4.74 Å². The van der Waals surface area contributed by atoms with E-state index in [1.165, 1.54) is 23.5 Å². The lowest BCUT2D eigenvalue weighted by atomic mass is 10.0. The summed E-state index contributed by atoms with van der Waals surface area (Å²) in [4.78, 5) is 29.4. The summed E-state index contributed by atoms with van der Waals surface area (Å²) in [6.07, 6.45) is -2.30. The van der Waals surface area contributed by atoms with E-state index in [1.807, 2.05) is 12.1 Å². The van der Waals surface area contributed by atoms with Gasteiger partial charge in [0.2, 0.25) is 0 Å². The van der Waals surface area contributed by atoms with Crippen molar-refractivity contribution in [3.63, 3.8) is 0 Å². The molecule has 1 saturated carbocycles. The second-order valence-corrected chi connectivity index (χ2v) is 9.70. The molecule has 1 aliphatic rings. The molecule has 1 aliphatic carbocycles. The summed E-state index contributed by atoms with van der Waals surface area (Å²) in [5, 5.41) is 0.788. The second-order valence-electron chi connectivity index (χ2n) is 8.58. The molecule has 0 bridgehead atoms. The number of hydrogen-bond donors (Lipinski definition) is 0. The summed E-state index contributed by atoms with van der Waals surface area (Å²) in [5.74, 6) is 1.13. The first-order valence-electron chi connectivity index (χ1n) is 11.1. The quantitative estimate of drug-likeness (QED) is 0.246. The van der Waals surface area contributed by atoms with E-state index >= 15 is 0 Å². The van der Waals surface area contributed by atoms with E-state index in [2.05, 4.69) is 4.98 Å². The van der Waals surface area contributed by atoms with Crippen LogP contribution in [0.15, 0.2) is 66.7 Å². The topological polar surface area (TPSA) is 56.3 Å². The summed E-state index contributed by atoms with van der Waals surface area (Å²) >= 11 is 1.46. The maximum Gasteiger partial charge on any atom is 0.416 e. The van der Waals surface area contributed by atoms with Crippen molar-refractivity contribution < 1.29 is 27.5 Å². The van der Waals surface area contributed by atoms with E-state index in [0.29, 0.717) is 29.0 Å². The minimum absolute atomic E-state index is 0.150. The lowest BCUT2D eigenvalue weighted by molar-refractivity contribution is -0.137. The highest BCUT2D eigenvalue weighted by atomic mass is 32.1. The zero-order chi connectivity index (χ0) is 24.6. The van der Waals surface area contributed by atoms with Crippen LogP contribution in [0.25, 0.3) is 10.2 Å². The third kappa shape index (κ3) is 5.59. The molecule has 0 atom stereocenters. The Labute approximate surface area is 203 Å². The molecule has 0 aliphatic heterocycles.